The SMILES string of the molecule is Cc1ccc(C#CCCn2c(Cl)c(C=O)c3ccccc32)cc1. The first kappa shape index (κ1) is 15.4. The standard InChI is InChI=1S/C20H16ClNO/c1-15-9-11-16(12-10-15)6-4-5-13-22-19-8-3-2-7-17(19)18(14-23)20(22)21/h2-3,7-12,14H,5,13H2,1H3. The molecule has 1 heterocycles. The lowest BCUT2D eigenvalue weighted by atomic mass is 10.1. The highest BCUT2D eigenvalue weighted by Gasteiger charge is 2.13. The number of nitrogens with zero attached hydrogens (tertiary/aromatic N) is 1. The zero-order valence-electron chi connectivity index (χ0n) is 12.8. The van der Waals surface area contributed by atoms with Gasteiger partial charge in [-0.2, -0.15) is 0 Å². The smallest absolute Gasteiger partial charge is 0.153 e. The van der Waals surface area contributed by atoms with Crippen molar-refractivity contribution in [3.8, 4) is 11.8 Å². The third-order valence-corrected chi connectivity index (χ3v) is 4.21. The highest BCUT2D eigenvalue weighted by Crippen LogP contribution is 2.28. The highest BCUT2D eigenvalue weighted by atomic mass is 35.5. The lowest BCUT2D eigenvalue weighted by Gasteiger charge is -2.03. The van der Waals surface area contributed by atoms with Crippen LogP contribution in [-0.4, -0.2) is 10.9 Å². The average molecular weight is 322 g/mol. The van der Waals surface area contributed by atoms with Gasteiger partial charge in [0.25, 0.3) is 0 Å². The Labute approximate surface area is 140 Å². The topological polar surface area (TPSA) is 22.0 Å². The molecule has 0 amide bonds. The Bertz CT molecular complexity index is 910. The Hall–Kier alpha value is -2.50. The molecule has 2 nitrogen and oxygen atoms in total. The molecule has 0 radical (unpaired) electrons. The van der Waals surface area contributed by atoms with Crippen LogP contribution in [-0.2, 0) is 6.54 Å². The van der Waals surface area contributed by atoms with Crippen LogP contribution in [0.5, 0.6) is 0 Å². The Morgan fingerprint density at radius 2 is 1.87 bits per heavy atom. The number of halogens is 1. The van der Waals surface area contributed by atoms with Crippen molar-refractivity contribution in [3.63, 3.8) is 0 Å². The Morgan fingerprint density at radius 1 is 1.13 bits per heavy atom. The third kappa shape index (κ3) is 3.16. The van der Waals surface area contributed by atoms with Crippen LogP contribution >= 0.6 is 11.6 Å². The number of carbonyl (C=O) groups is 1. The van der Waals surface area contributed by atoms with Crippen molar-refractivity contribution in [3.05, 3.63) is 70.4 Å². The fraction of sp³-hybridized carbons (Fsp3) is 0.150. The van der Waals surface area contributed by atoms with Gasteiger partial charge in [-0.3, -0.25) is 4.79 Å². The van der Waals surface area contributed by atoms with E-state index >= 15 is 0 Å². The van der Waals surface area contributed by atoms with Crippen LogP contribution in [0.4, 0.5) is 0 Å². The number of para-hydroxylation sites is 1. The van der Waals surface area contributed by atoms with E-state index in [9.17, 15) is 4.79 Å². The zero-order valence-corrected chi connectivity index (χ0v) is 13.6. The van der Waals surface area contributed by atoms with Crippen LogP contribution in [0.15, 0.2) is 48.5 Å². The summed E-state index contributed by atoms with van der Waals surface area (Å²) < 4.78 is 1.95. The van der Waals surface area contributed by atoms with Gasteiger partial charge in [0.15, 0.2) is 6.29 Å². The summed E-state index contributed by atoms with van der Waals surface area (Å²) in [4.78, 5) is 11.3. The van der Waals surface area contributed by atoms with Crippen molar-refractivity contribution in [2.75, 3.05) is 0 Å². The second kappa shape index (κ2) is 6.73. The van der Waals surface area contributed by atoms with E-state index in [1.54, 1.807) is 0 Å². The minimum atomic E-state index is 0.485. The minimum Gasteiger partial charge on any atom is -0.330 e. The molecule has 0 aliphatic rings. The minimum absolute atomic E-state index is 0.485. The maximum absolute atomic E-state index is 11.3. The number of benzene rings is 2. The molecule has 23 heavy (non-hydrogen) atoms. The highest BCUT2D eigenvalue weighted by molar-refractivity contribution is 6.34. The average Bonchev–Trinajstić information content (AvgIpc) is 2.84. The first-order chi connectivity index (χ1) is 11.2. The van der Waals surface area contributed by atoms with Crippen LogP contribution < -0.4 is 0 Å². The van der Waals surface area contributed by atoms with E-state index in [0.29, 0.717) is 23.7 Å². The summed E-state index contributed by atoms with van der Waals surface area (Å²) in [7, 11) is 0. The van der Waals surface area contributed by atoms with Crippen molar-refractivity contribution < 1.29 is 4.79 Å². The summed E-state index contributed by atoms with van der Waals surface area (Å²) in [6.07, 6.45) is 1.49. The van der Waals surface area contributed by atoms with Gasteiger partial charge >= 0.3 is 0 Å². The van der Waals surface area contributed by atoms with Crippen molar-refractivity contribution in [2.45, 2.75) is 19.9 Å². The molecule has 0 N–H and O–H groups in total. The van der Waals surface area contributed by atoms with Gasteiger partial charge in [0, 0.05) is 29.4 Å². The van der Waals surface area contributed by atoms with Gasteiger partial charge in [-0.1, -0.05) is 59.3 Å². The van der Waals surface area contributed by atoms with Gasteiger partial charge in [-0.15, -0.1) is 0 Å². The first-order valence-electron chi connectivity index (χ1n) is 7.48. The number of hydrogen-bond acceptors (Lipinski definition) is 1. The number of aryl methyl sites for hydroxylation is 2. The lowest BCUT2D eigenvalue weighted by Crippen LogP contribution is -1.97. The monoisotopic (exact) mass is 321 g/mol. The van der Waals surface area contributed by atoms with Gasteiger partial charge in [0.1, 0.15) is 5.15 Å². The van der Waals surface area contributed by atoms with Crippen LogP contribution in [0.1, 0.15) is 27.9 Å². The van der Waals surface area contributed by atoms with E-state index in [0.717, 1.165) is 22.8 Å². The van der Waals surface area contributed by atoms with Crippen LogP contribution in [0.25, 0.3) is 10.9 Å². The molecule has 0 aliphatic heterocycles. The molecule has 2 aromatic carbocycles. The first-order valence-corrected chi connectivity index (χ1v) is 7.86. The molecule has 0 bridgehead atoms. The molecule has 3 heteroatoms. The molecule has 0 aliphatic carbocycles. The summed E-state index contributed by atoms with van der Waals surface area (Å²) >= 11 is 6.35. The van der Waals surface area contributed by atoms with E-state index in [1.807, 2.05) is 41.0 Å². The molecule has 0 saturated carbocycles. The summed E-state index contributed by atoms with van der Waals surface area (Å²) in [6.45, 7) is 2.72. The zero-order chi connectivity index (χ0) is 16.2. The van der Waals surface area contributed by atoms with Crippen LogP contribution in [0, 0.1) is 18.8 Å². The van der Waals surface area contributed by atoms with Crippen LogP contribution in [0.3, 0.4) is 0 Å². The van der Waals surface area contributed by atoms with Crippen molar-refractivity contribution >= 4 is 28.8 Å². The largest absolute Gasteiger partial charge is 0.330 e. The van der Waals surface area contributed by atoms with Crippen LogP contribution in [0.2, 0.25) is 5.15 Å². The Balaban J connectivity index is 1.82. The van der Waals surface area contributed by atoms with Gasteiger partial charge in [0.2, 0.25) is 0 Å². The van der Waals surface area contributed by atoms with E-state index in [1.165, 1.54) is 5.56 Å². The fourth-order valence-electron chi connectivity index (χ4n) is 2.60. The van der Waals surface area contributed by atoms with Gasteiger partial charge in [-0.05, 0) is 25.1 Å². The molecule has 0 saturated heterocycles. The Morgan fingerprint density at radius 3 is 2.61 bits per heavy atom. The maximum Gasteiger partial charge on any atom is 0.153 e. The third-order valence-electron chi connectivity index (χ3n) is 3.81. The van der Waals surface area contributed by atoms with Gasteiger partial charge in [0.05, 0.1) is 5.56 Å². The molecule has 3 aromatic rings. The number of aldehydes is 1. The molecular formula is C20H16ClNO. The second-order valence-electron chi connectivity index (χ2n) is 5.41. The van der Waals surface area contributed by atoms with Crippen molar-refractivity contribution in [2.24, 2.45) is 0 Å². The molecule has 0 fully saturated rings. The van der Waals surface area contributed by atoms with E-state index in [4.69, 9.17) is 11.6 Å². The molecule has 114 valence electrons. The van der Waals surface area contributed by atoms with Crippen molar-refractivity contribution in [1.29, 1.82) is 0 Å². The summed E-state index contributed by atoms with van der Waals surface area (Å²) in [5.41, 5.74) is 3.75. The molecule has 1 aromatic heterocycles. The molecular weight excluding hydrogens is 306 g/mol. The van der Waals surface area contributed by atoms with Crippen molar-refractivity contribution in [1.82, 2.24) is 4.57 Å². The normalized spacial score (nSPS) is 10.3. The summed E-state index contributed by atoms with van der Waals surface area (Å²) in [6, 6.07) is 15.9. The van der Waals surface area contributed by atoms with Gasteiger partial charge in [-0.25, -0.2) is 0 Å². The lowest BCUT2D eigenvalue weighted by molar-refractivity contribution is 0.112. The fourth-order valence-corrected chi connectivity index (χ4v) is 2.92. The van der Waals surface area contributed by atoms with E-state index in [2.05, 4.69) is 30.9 Å². The van der Waals surface area contributed by atoms with E-state index < -0.39 is 0 Å². The molecule has 0 spiro atoms. The number of rotatable bonds is 3. The quantitative estimate of drug-likeness (QED) is 0.499. The summed E-state index contributed by atoms with van der Waals surface area (Å²) in [5.74, 6) is 6.33. The maximum atomic E-state index is 11.3. The summed E-state index contributed by atoms with van der Waals surface area (Å²) in [5, 5.41) is 1.37. The number of fused-ring (bicyclic) bond motifs is 1. The van der Waals surface area contributed by atoms with Gasteiger partial charge < -0.3 is 4.57 Å². The predicted molar refractivity (Wildman–Crippen MR) is 95.0 cm³/mol. The number of carbonyl (C=O) groups excluding carboxylic acids is 1. The molecule has 3 rings (SSSR count). The number of aromatic nitrogens is 1. The second-order valence-corrected chi connectivity index (χ2v) is 5.77. The predicted octanol–water partition coefficient (Wildman–Crippen LogP) is 4.86. The molecule has 0 atom stereocenters. The Kier molecular flexibility index (Phi) is 4.50. The molecule has 0 unspecified atom stereocenters. The number of hydrogen-bond donors (Lipinski definition) is 0. The van der Waals surface area contributed by atoms with E-state index in [-0.39, 0.29) is 0 Å².